The summed E-state index contributed by atoms with van der Waals surface area (Å²) in [6.45, 7) is 6.61. The molecule has 1 fully saturated rings. The molecule has 1 N–H and O–H groups in total. The van der Waals surface area contributed by atoms with E-state index in [4.69, 9.17) is 4.74 Å². The molecule has 6 heteroatoms. The van der Waals surface area contributed by atoms with E-state index in [9.17, 15) is 4.79 Å². The highest BCUT2D eigenvalue weighted by atomic mass is 32.1. The second-order valence-electron chi connectivity index (χ2n) is 8.70. The molecule has 5 nitrogen and oxygen atoms in total. The Labute approximate surface area is 171 Å². The summed E-state index contributed by atoms with van der Waals surface area (Å²) in [6, 6.07) is 0.473. The molecule has 2 heterocycles. The monoisotopic (exact) mass is 403 g/mol. The van der Waals surface area contributed by atoms with Crippen molar-refractivity contribution in [2.75, 3.05) is 13.2 Å². The molecule has 154 valence electrons. The zero-order chi connectivity index (χ0) is 19.5. The van der Waals surface area contributed by atoms with Gasteiger partial charge in [-0.15, -0.1) is 11.3 Å². The van der Waals surface area contributed by atoms with Gasteiger partial charge in [0.05, 0.1) is 24.4 Å². The van der Waals surface area contributed by atoms with Crippen molar-refractivity contribution in [1.82, 2.24) is 14.9 Å². The third kappa shape index (κ3) is 4.50. The number of fused-ring (bicyclic) bond motifs is 3. The minimum Gasteiger partial charge on any atom is -0.377 e. The first-order chi connectivity index (χ1) is 13.6. The van der Waals surface area contributed by atoms with E-state index in [0.29, 0.717) is 12.0 Å². The quantitative estimate of drug-likeness (QED) is 0.712. The Morgan fingerprint density at radius 2 is 2.11 bits per heavy atom. The van der Waals surface area contributed by atoms with Crippen LogP contribution >= 0.6 is 11.3 Å². The number of nitrogens with zero attached hydrogens (tertiary/aromatic N) is 2. The second kappa shape index (κ2) is 9.06. The van der Waals surface area contributed by atoms with E-state index < -0.39 is 0 Å². The van der Waals surface area contributed by atoms with E-state index in [1.807, 2.05) is 4.57 Å². The Balaban J connectivity index is 1.46. The van der Waals surface area contributed by atoms with E-state index >= 15 is 0 Å². The Kier molecular flexibility index (Phi) is 6.48. The van der Waals surface area contributed by atoms with Crippen molar-refractivity contribution in [2.45, 2.75) is 83.9 Å². The van der Waals surface area contributed by atoms with Crippen LogP contribution in [0.25, 0.3) is 10.2 Å². The molecular formula is C22H33N3O2S. The van der Waals surface area contributed by atoms with Gasteiger partial charge in [0.1, 0.15) is 4.83 Å². The van der Waals surface area contributed by atoms with E-state index in [0.717, 1.165) is 49.2 Å². The number of rotatable bonds is 7. The predicted molar refractivity (Wildman–Crippen MR) is 115 cm³/mol. The first-order valence-electron chi connectivity index (χ1n) is 11.0. The fourth-order valence-electron chi connectivity index (χ4n) is 4.71. The maximum atomic E-state index is 13.2. The van der Waals surface area contributed by atoms with Gasteiger partial charge in [-0.1, -0.05) is 19.3 Å². The lowest BCUT2D eigenvalue weighted by Gasteiger charge is -2.24. The molecule has 1 atom stereocenters. The second-order valence-corrected chi connectivity index (χ2v) is 9.79. The van der Waals surface area contributed by atoms with Gasteiger partial charge in [0.2, 0.25) is 0 Å². The molecular weight excluding hydrogens is 370 g/mol. The Morgan fingerprint density at radius 1 is 1.29 bits per heavy atom. The average molecular weight is 404 g/mol. The Hall–Kier alpha value is -1.24. The third-order valence-corrected chi connectivity index (χ3v) is 7.36. The van der Waals surface area contributed by atoms with Crippen molar-refractivity contribution >= 4 is 21.6 Å². The third-order valence-electron chi connectivity index (χ3n) is 6.20. The van der Waals surface area contributed by atoms with Crippen LogP contribution in [0.15, 0.2) is 11.1 Å². The summed E-state index contributed by atoms with van der Waals surface area (Å²) in [6.07, 6.45) is 11.6. The molecule has 0 bridgehead atoms. The van der Waals surface area contributed by atoms with Crippen LogP contribution in [-0.4, -0.2) is 34.8 Å². The molecule has 28 heavy (non-hydrogen) atoms. The van der Waals surface area contributed by atoms with Gasteiger partial charge < -0.3 is 10.1 Å². The molecule has 2 aromatic rings. The minimum absolute atomic E-state index is 0.185. The summed E-state index contributed by atoms with van der Waals surface area (Å²) < 4.78 is 7.52. The van der Waals surface area contributed by atoms with E-state index in [-0.39, 0.29) is 11.7 Å². The highest BCUT2D eigenvalue weighted by Crippen LogP contribution is 2.34. The standard InChI is InChI=1S/C22H33N3O2S/c1-15(2)27-11-10-23-17-8-9-18-19(12-17)28-21-20(18)22(26)25(14-24-21)13-16-6-4-3-5-7-16/h14-17,23H,3-13H2,1-2H3. The highest BCUT2D eigenvalue weighted by Gasteiger charge is 2.25. The summed E-state index contributed by atoms with van der Waals surface area (Å²) in [5, 5.41) is 4.52. The summed E-state index contributed by atoms with van der Waals surface area (Å²) in [7, 11) is 0. The van der Waals surface area contributed by atoms with Crippen molar-refractivity contribution in [1.29, 1.82) is 0 Å². The Morgan fingerprint density at radius 3 is 2.89 bits per heavy atom. The van der Waals surface area contributed by atoms with Crippen LogP contribution in [0.1, 0.15) is 62.8 Å². The van der Waals surface area contributed by atoms with Crippen LogP contribution in [0.3, 0.4) is 0 Å². The number of hydrogen-bond acceptors (Lipinski definition) is 5. The molecule has 0 aliphatic heterocycles. The first kappa shape index (κ1) is 20.0. The number of aromatic nitrogens is 2. The molecule has 4 rings (SSSR count). The van der Waals surface area contributed by atoms with Gasteiger partial charge in [-0.2, -0.15) is 0 Å². The molecule has 0 radical (unpaired) electrons. The molecule has 1 unspecified atom stereocenters. The molecule has 0 saturated heterocycles. The van der Waals surface area contributed by atoms with Crippen LogP contribution < -0.4 is 10.9 Å². The number of aryl methyl sites for hydroxylation is 1. The van der Waals surface area contributed by atoms with Gasteiger partial charge in [-0.3, -0.25) is 9.36 Å². The minimum atomic E-state index is 0.185. The molecule has 2 aromatic heterocycles. The average Bonchev–Trinajstić information content (AvgIpc) is 3.06. The lowest BCUT2D eigenvalue weighted by Crippen LogP contribution is -2.36. The maximum Gasteiger partial charge on any atom is 0.262 e. The number of thiophene rings is 1. The van der Waals surface area contributed by atoms with Gasteiger partial charge in [0.25, 0.3) is 5.56 Å². The summed E-state index contributed by atoms with van der Waals surface area (Å²) >= 11 is 1.72. The van der Waals surface area contributed by atoms with Gasteiger partial charge in [-0.25, -0.2) is 4.98 Å². The van der Waals surface area contributed by atoms with Crippen molar-refractivity contribution < 1.29 is 4.74 Å². The van der Waals surface area contributed by atoms with Gasteiger partial charge >= 0.3 is 0 Å². The molecule has 0 amide bonds. The van der Waals surface area contributed by atoms with E-state index in [1.165, 1.54) is 42.5 Å². The van der Waals surface area contributed by atoms with Crippen molar-refractivity contribution in [3.05, 3.63) is 27.1 Å². The SMILES string of the molecule is CC(C)OCCNC1CCc2c(sc3ncn(CC4CCCCC4)c(=O)c23)C1. The zero-order valence-electron chi connectivity index (χ0n) is 17.2. The normalized spacial score (nSPS) is 20.8. The van der Waals surface area contributed by atoms with Gasteiger partial charge in [0.15, 0.2) is 0 Å². The van der Waals surface area contributed by atoms with E-state index in [1.54, 1.807) is 17.7 Å². The largest absolute Gasteiger partial charge is 0.377 e. The highest BCUT2D eigenvalue weighted by molar-refractivity contribution is 7.18. The molecule has 0 spiro atoms. The lowest BCUT2D eigenvalue weighted by molar-refractivity contribution is 0.0791. The number of nitrogens with one attached hydrogen (secondary N) is 1. The maximum absolute atomic E-state index is 13.2. The van der Waals surface area contributed by atoms with Crippen molar-refractivity contribution in [3.8, 4) is 0 Å². The van der Waals surface area contributed by atoms with Gasteiger partial charge in [0, 0.05) is 24.0 Å². The van der Waals surface area contributed by atoms with Crippen molar-refractivity contribution in [2.24, 2.45) is 5.92 Å². The summed E-state index contributed by atoms with van der Waals surface area (Å²) in [5.74, 6) is 0.641. The zero-order valence-corrected chi connectivity index (χ0v) is 18.0. The lowest BCUT2D eigenvalue weighted by atomic mass is 9.89. The molecule has 2 aliphatic carbocycles. The first-order valence-corrected chi connectivity index (χ1v) is 11.8. The summed E-state index contributed by atoms with van der Waals surface area (Å²) in [4.78, 5) is 20.1. The van der Waals surface area contributed by atoms with Crippen LogP contribution in [0.2, 0.25) is 0 Å². The van der Waals surface area contributed by atoms with Crippen LogP contribution in [0.4, 0.5) is 0 Å². The summed E-state index contributed by atoms with van der Waals surface area (Å²) in [5.41, 5.74) is 1.46. The molecule has 2 aliphatic rings. The van der Waals surface area contributed by atoms with Gasteiger partial charge in [-0.05, 0) is 57.4 Å². The van der Waals surface area contributed by atoms with Crippen LogP contribution in [-0.2, 0) is 24.1 Å². The number of ether oxygens (including phenoxy) is 1. The van der Waals surface area contributed by atoms with Crippen LogP contribution in [0.5, 0.6) is 0 Å². The van der Waals surface area contributed by atoms with Crippen molar-refractivity contribution in [3.63, 3.8) is 0 Å². The topological polar surface area (TPSA) is 56.1 Å². The molecule has 0 aromatic carbocycles. The van der Waals surface area contributed by atoms with E-state index in [2.05, 4.69) is 24.1 Å². The van der Waals surface area contributed by atoms with Crippen LogP contribution in [0, 0.1) is 5.92 Å². The number of hydrogen-bond donors (Lipinski definition) is 1. The smallest absolute Gasteiger partial charge is 0.262 e. The Bertz CT molecular complexity index is 851. The fourth-order valence-corrected chi connectivity index (χ4v) is 5.97. The predicted octanol–water partition coefficient (Wildman–Crippen LogP) is 3.91. The molecule has 1 saturated carbocycles. The fraction of sp³-hybridized carbons (Fsp3) is 0.727.